The summed E-state index contributed by atoms with van der Waals surface area (Å²) in [5, 5.41) is 3.01. The molecule has 4 aromatic rings. The largest absolute Gasteiger partial charge is 0.352 e. The number of hydrogen-bond acceptors (Lipinski definition) is 4. The summed E-state index contributed by atoms with van der Waals surface area (Å²) in [6.07, 6.45) is 0.924. The summed E-state index contributed by atoms with van der Waals surface area (Å²) in [5.41, 5.74) is 1.76. The zero-order valence-electron chi connectivity index (χ0n) is 24.3. The maximum Gasteiger partial charge on any atom is 0.264 e. The van der Waals surface area contributed by atoms with Gasteiger partial charge in [-0.25, -0.2) is 12.8 Å². The van der Waals surface area contributed by atoms with Crippen LogP contribution in [-0.4, -0.2) is 43.8 Å². The van der Waals surface area contributed by atoms with E-state index in [1.165, 1.54) is 29.2 Å². The van der Waals surface area contributed by atoms with E-state index >= 15 is 0 Å². The number of carbonyl (C=O) groups excluding carboxylic acids is 2. The monoisotopic (exact) mass is 601 g/mol. The predicted molar refractivity (Wildman–Crippen MR) is 166 cm³/mol. The van der Waals surface area contributed by atoms with Crippen LogP contribution in [0.3, 0.4) is 0 Å². The van der Waals surface area contributed by atoms with Crippen LogP contribution in [0, 0.1) is 5.82 Å². The Kier molecular flexibility index (Phi) is 10.7. The zero-order chi connectivity index (χ0) is 30.8. The average Bonchev–Trinajstić information content (AvgIpc) is 3.03. The third kappa shape index (κ3) is 8.29. The zero-order valence-corrected chi connectivity index (χ0v) is 25.1. The van der Waals surface area contributed by atoms with E-state index in [1.54, 1.807) is 18.2 Å². The molecule has 0 saturated carbocycles. The van der Waals surface area contributed by atoms with Gasteiger partial charge in [0.05, 0.1) is 10.6 Å². The number of amides is 2. The molecule has 0 bridgehead atoms. The minimum Gasteiger partial charge on any atom is -0.352 e. The lowest BCUT2D eigenvalue weighted by molar-refractivity contribution is -0.140. The van der Waals surface area contributed by atoms with Gasteiger partial charge in [-0.05, 0) is 60.9 Å². The molecule has 224 valence electrons. The van der Waals surface area contributed by atoms with Gasteiger partial charge >= 0.3 is 0 Å². The molecule has 0 unspecified atom stereocenters. The van der Waals surface area contributed by atoms with Crippen LogP contribution in [-0.2, 0) is 32.6 Å². The number of rotatable bonds is 13. The Hall–Kier alpha value is -4.50. The molecule has 2 amide bonds. The number of anilines is 1. The van der Waals surface area contributed by atoms with Crippen LogP contribution in [0.25, 0.3) is 0 Å². The van der Waals surface area contributed by atoms with Gasteiger partial charge in [-0.1, -0.05) is 85.8 Å². The van der Waals surface area contributed by atoms with Gasteiger partial charge in [0, 0.05) is 19.0 Å². The molecule has 0 spiro atoms. The van der Waals surface area contributed by atoms with Crippen molar-refractivity contribution < 1.29 is 22.4 Å². The SMILES string of the molecule is CC[C@H](C)NC(=O)[C@@H](Cc1ccccc1)N(Cc1ccccc1)C(=O)CN(c1ccc(F)cc1)S(=O)(=O)c1ccccc1. The van der Waals surface area contributed by atoms with E-state index < -0.39 is 34.3 Å². The van der Waals surface area contributed by atoms with E-state index in [0.717, 1.165) is 27.6 Å². The van der Waals surface area contributed by atoms with Gasteiger partial charge < -0.3 is 10.2 Å². The number of benzene rings is 4. The molecule has 43 heavy (non-hydrogen) atoms. The first-order valence-electron chi connectivity index (χ1n) is 14.2. The van der Waals surface area contributed by atoms with E-state index in [0.29, 0.717) is 6.42 Å². The molecule has 0 saturated heterocycles. The maximum absolute atomic E-state index is 14.3. The molecule has 0 heterocycles. The molecule has 1 N–H and O–H groups in total. The molecule has 0 fully saturated rings. The fourth-order valence-electron chi connectivity index (χ4n) is 4.63. The molecule has 4 rings (SSSR count). The molecule has 0 radical (unpaired) electrons. The van der Waals surface area contributed by atoms with Crippen molar-refractivity contribution in [1.82, 2.24) is 10.2 Å². The lowest BCUT2D eigenvalue weighted by atomic mass is 10.0. The van der Waals surface area contributed by atoms with Crippen molar-refractivity contribution in [2.24, 2.45) is 0 Å². The summed E-state index contributed by atoms with van der Waals surface area (Å²) in [4.78, 5) is 29.5. The summed E-state index contributed by atoms with van der Waals surface area (Å²) < 4.78 is 42.6. The number of nitrogens with one attached hydrogen (secondary N) is 1. The Labute approximate surface area is 253 Å². The van der Waals surface area contributed by atoms with Crippen LogP contribution in [0.2, 0.25) is 0 Å². The first-order valence-corrected chi connectivity index (χ1v) is 15.6. The average molecular weight is 602 g/mol. The number of nitrogens with zero attached hydrogens (tertiary/aromatic N) is 2. The second-order valence-electron chi connectivity index (χ2n) is 10.3. The van der Waals surface area contributed by atoms with Gasteiger partial charge in [-0.15, -0.1) is 0 Å². The first kappa shape index (κ1) is 31.4. The molecular formula is C34H36FN3O4S. The molecule has 0 aliphatic heterocycles. The van der Waals surface area contributed by atoms with Gasteiger partial charge in [0.25, 0.3) is 10.0 Å². The fourth-order valence-corrected chi connectivity index (χ4v) is 6.07. The maximum atomic E-state index is 14.3. The van der Waals surface area contributed by atoms with Gasteiger partial charge in [0.1, 0.15) is 18.4 Å². The van der Waals surface area contributed by atoms with Crippen LogP contribution in [0.1, 0.15) is 31.4 Å². The normalized spacial score (nSPS) is 12.6. The van der Waals surface area contributed by atoms with Gasteiger partial charge in [-0.2, -0.15) is 0 Å². The summed E-state index contributed by atoms with van der Waals surface area (Å²) in [6.45, 7) is 3.33. The summed E-state index contributed by atoms with van der Waals surface area (Å²) >= 11 is 0. The topological polar surface area (TPSA) is 86.8 Å². The highest BCUT2D eigenvalue weighted by molar-refractivity contribution is 7.92. The number of sulfonamides is 1. The number of halogens is 1. The molecule has 0 aromatic heterocycles. The highest BCUT2D eigenvalue weighted by Gasteiger charge is 2.34. The lowest BCUT2D eigenvalue weighted by Gasteiger charge is -2.34. The molecule has 4 aromatic carbocycles. The van der Waals surface area contributed by atoms with Crippen molar-refractivity contribution in [2.75, 3.05) is 10.8 Å². The van der Waals surface area contributed by atoms with Crippen molar-refractivity contribution in [3.05, 3.63) is 132 Å². The number of hydrogen-bond donors (Lipinski definition) is 1. The standard InChI is InChI=1S/C34H36FN3O4S/c1-3-26(2)36-34(40)32(23-27-13-7-4-8-14-27)37(24-28-15-9-5-10-16-28)33(39)25-38(30-21-19-29(35)20-22-30)43(41,42)31-17-11-6-12-18-31/h4-22,26,32H,3,23-25H2,1-2H3,(H,36,40)/t26-,32+/m0/s1. The van der Waals surface area contributed by atoms with E-state index in [4.69, 9.17) is 0 Å². The Balaban J connectivity index is 1.78. The predicted octanol–water partition coefficient (Wildman–Crippen LogP) is 5.58. The third-order valence-corrected chi connectivity index (χ3v) is 8.98. The minimum atomic E-state index is -4.23. The second-order valence-corrected chi connectivity index (χ2v) is 12.2. The van der Waals surface area contributed by atoms with E-state index in [9.17, 15) is 22.4 Å². The molecule has 9 heteroatoms. The minimum absolute atomic E-state index is 0.0166. The molecule has 0 aliphatic rings. The fraction of sp³-hybridized carbons (Fsp3) is 0.235. The van der Waals surface area contributed by atoms with Crippen LogP contribution in [0.5, 0.6) is 0 Å². The van der Waals surface area contributed by atoms with Crippen molar-refractivity contribution in [1.29, 1.82) is 0 Å². The van der Waals surface area contributed by atoms with Crippen LogP contribution < -0.4 is 9.62 Å². The second kappa shape index (κ2) is 14.6. The van der Waals surface area contributed by atoms with Crippen LogP contribution >= 0.6 is 0 Å². The Bertz CT molecular complexity index is 1590. The van der Waals surface area contributed by atoms with Gasteiger partial charge in [0.15, 0.2) is 0 Å². The summed E-state index contributed by atoms with van der Waals surface area (Å²) in [7, 11) is -4.23. The highest BCUT2D eigenvalue weighted by atomic mass is 32.2. The summed E-state index contributed by atoms with van der Waals surface area (Å²) in [5.74, 6) is -1.45. The van der Waals surface area contributed by atoms with Crippen molar-refractivity contribution in [3.63, 3.8) is 0 Å². The Morgan fingerprint density at radius 2 is 1.33 bits per heavy atom. The van der Waals surface area contributed by atoms with Crippen molar-refractivity contribution >= 4 is 27.5 Å². The van der Waals surface area contributed by atoms with Gasteiger partial charge in [-0.3, -0.25) is 13.9 Å². The smallest absolute Gasteiger partial charge is 0.264 e. The quantitative estimate of drug-likeness (QED) is 0.217. The highest BCUT2D eigenvalue weighted by Crippen LogP contribution is 2.25. The Morgan fingerprint density at radius 3 is 1.88 bits per heavy atom. The van der Waals surface area contributed by atoms with E-state index in [2.05, 4.69) is 5.32 Å². The van der Waals surface area contributed by atoms with Crippen LogP contribution in [0.15, 0.2) is 120 Å². The molecule has 0 aliphatic carbocycles. The summed E-state index contributed by atoms with van der Waals surface area (Å²) in [6, 6.07) is 30.3. The number of carbonyl (C=O) groups is 2. The van der Waals surface area contributed by atoms with Gasteiger partial charge in [0.2, 0.25) is 11.8 Å². The first-order chi connectivity index (χ1) is 20.7. The third-order valence-electron chi connectivity index (χ3n) is 7.19. The Morgan fingerprint density at radius 1 is 0.791 bits per heavy atom. The van der Waals surface area contributed by atoms with E-state index in [-0.39, 0.29) is 35.5 Å². The van der Waals surface area contributed by atoms with E-state index in [1.807, 2.05) is 74.5 Å². The van der Waals surface area contributed by atoms with Crippen LogP contribution in [0.4, 0.5) is 10.1 Å². The van der Waals surface area contributed by atoms with Crippen molar-refractivity contribution in [2.45, 2.75) is 50.2 Å². The molecule has 7 nitrogen and oxygen atoms in total. The molecular weight excluding hydrogens is 565 g/mol. The van der Waals surface area contributed by atoms with Crippen molar-refractivity contribution in [3.8, 4) is 0 Å². The molecule has 2 atom stereocenters. The lowest BCUT2D eigenvalue weighted by Crippen LogP contribution is -2.54.